The van der Waals surface area contributed by atoms with E-state index in [-0.39, 0.29) is 24.8 Å². The average molecular weight is 784 g/mol. The van der Waals surface area contributed by atoms with Crippen LogP contribution in [0.2, 0.25) is 0 Å². The second-order valence-electron chi connectivity index (χ2n) is 12.6. The molecule has 0 fully saturated rings. The number of aliphatic carboxylic acids is 3. The number of rotatable bonds is 23. The third-order valence-electron chi connectivity index (χ3n) is 8.31. The van der Waals surface area contributed by atoms with E-state index in [4.69, 9.17) is 21.1 Å². The van der Waals surface area contributed by atoms with Crippen molar-refractivity contribution in [3.8, 4) is 0 Å². The first kappa shape index (κ1) is 43.5. The van der Waals surface area contributed by atoms with E-state index in [1.54, 1.807) is 30.5 Å². The molecule has 3 aromatic rings. The van der Waals surface area contributed by atoms with Gasteiger partial charge in [-0.15, -0.1) is 0 Å². The highest BCUT2D eigenvalue weighted by molar-refractivity contribution is 5.96. The van der Waals surface area contributed by atoms with Crippen molar-refractivity contribution in [2.24, 2.45) is 5.73 Å². The molecule has 56 heavy (non-hydrogen) atoms. The van der Waals surface area contributed by atoms with E-state index in [1.807, 2.05) is 0 Å². The van der Waals surface area contributed by atoms with Gasteiger partial charge in [0.15, 0.2) is 0 Å². The Hall–Kier alpha value is -6.86. The van der Waals surface area contributed by atoms with Crippen LogP contribution in [0.3, 0.4) is 0 Å². The van der Waals surface area contributed by atoms with Crippen LogP contribution in [0.1, 0.15) is 49.7 Å². The Labute approximate surface area is 317 Å². The number of carboxylic acids is 3. The summed E-state index contributed by atoms with van der Waals surface area (Å²) in [7, 11) is 0. The summed E-state index contributed by atoms with van der Waals surface area (Å²) < 4.78 is 14.2. The summed E-state index contributed by atoms with van der Waals surface area (Å²) in [6.07, 6.45) is -1.79. The van der Waals surface area contributed by atoms with Crippen LogP contribution in [0.15, 0.2) is 54.7 Å². The first-order chi connectivity index (χ1) is 26.5. The van der Waals surface area contributed by atoms with Crippen molar-refractivity contribution < 1.29 is 62.9 Å². The molecule has 20 heteroatoms. The van der Waals surface area contributed by atoms with Crippen molar-refractivity contribution in [1.29, 1.82) is 0 Å². The number of hydrogen-bond acceptors (Lipinski definition) is 9. The minimum absolute atomic E-state index is 0.168. The fraction of sp³-hybridized carbons (Fsp3) is 0.361. The predicted octanol–water partition coefficient (Wildman–Crippen LogP) is -0.773. The van der Waals surface area contributed by atoms with Crippen molar-refractivity contribution in [2.45, 2.75) is 75.5 Å². The first-order valence-corrected chi connectivity index (χ1v) is 17.2. The molecule has 1 heterocycles. The van der Waals surface area contributed by atoms with E-state index in [0.29, 0.717) is 16.5 Å². The molecule has 0 aliphatic heterocycles. The predicted molar refractivity (Wildman–Crippen MR) is 193 cm³/mol. The molecule has 4 atom stereocenters. The Morgan fingerprint density at radius 3 is 1.86 bits per heavy atom. The summed E-state index contributed by atoms with van der Waals surface area (Å²) in [6.45, 7) is -0.802. The number of carbonyl (C=O) groups is 9. The van der Waals surface area contributed by atoms with Crippen molar-refractivity contribution in [3.63, 3.8) is 0 Å². The number of halogens is 1. The molecule has 0 aliphatic carbocycles. The van der Waals surface area contributed by atoms with Gasteiger partial charge >= 0.3 is 17.9 Å². The number of H-pyrrole nitrogens is 1. The lowest BCUT2D eigenvalue weighted by atomic mass is 10.0. The van der Waals surface area contributed by atoms with E-state index in [2.05, 4.69) is 31.6 Å². The molecule has 6 amide bonds. The number of fused-ring (bicyclic) bond motifs is 1. The number of benzene rings is 2. The molecular formula is C36H42FN7O12. The third-order valence-corrected chi connectivity index (χ3v) is 8.31. The molecule has 4 unspecified atom stereocenters. The topological polar surface area (TPSA) is 316 Å². The molecule has 0 spiro atoms. The molecule has 19 nitrogen and oxygen atoms in total. The molecule has 0 radical (unpaired) electrons. The monoisotopic (exact) mass is 783 g/mol. The third kappa shape index (κ3) is 14.5. The SMILES string of the molecule is NC(=O)C(CCC(=O)O)NC(=O)C(Cc1c[nH]c2ccccc12)NC(=O)C(Cc1cccc(F)c1)NC(=O)CNC(=O)C(CCC(=O)O)NC(=O)CCC(=O)O. The molecule has 1 aromatic heterocycles. The number of carbonyl (C=O) groups excluding carboxylic acids is 6. The maximum absolute atomic E-state index is 14.2. The van der Waals surface area contributed by atoms with Crippen LogP contribution in [-0.2, 0) is 56.0 Å². The van der Waals surface area contributed by atoms with E-state index < -0.39 is 122 Å². The number of aromatic nitrogens is 1. The summed E-state index contributed by atoms with van der Waals surface area (Å²) in [4.78, 5) is 114. The molecule has 0 saturated heterocycles. The second-order valence-corrected chi connectivity index (χ2v) is 12.6. The highest BCUT2D eigenvalue weighted by Gasteiger charge is 2.31. The highest BCUT2D eigenvalue weighted by atomic mass is 19.1. The van der Waals surface area contributed by atoms with E-state index in [0.717, 1.165) is 12.1 Å². The van der Waals surface area contributed by atoms with Crippen LogP contribution in [0, 0.1) is 5.82 Å². The number of nitrogens with one attached hydrogen (secondary N) is 6. The number of para-hydroxylation sites is 1. The van der Waals surface area contributed by atoms with Gasteiger partial charge in [-0.2, -0.15) is 0 Å². The van der Waals surface area contributed by atoms with E-state index in [9.17, 15) is 47.5 Å². The maximum atomic E-state index is 14.2. The quantitative estimate of drug-likeness (QED) is 0.0567. The number of aromatic amines is 1. The van der Waals surface area contributed by atoms with Gasteiger partial charge in [0.2, 0.25) is 35.4 Å². The van der Waals surface area contributed by atoms with Gasteiger partial charge in [-0.05, 0) is 42.2 Å². The standard InChI is InChI=1S/C36H42FN7O12/c37-21-5-3-4-19(14-21)15-26(42-29(46)18-40-34(54)25(9-12-31(49)50)41-28(45)10-13-32(51)52)35(55)44-27(16-20-17-39-23-7-2-1-6-22(20)23)36(56)43-24(33(38)53)8-11-30(47)48/h1-7,14,17,24-27,39H,8-13,15-16,18H2,(H2,38,53)(H,40,54)(H,41,45)(H,42,46)(H,43,56)(H,44,55)(H,47,48)(H,49,50)(H,51,52). The van der Waals surface area contributed by atoms with Crippen LogP contribution in [0.5, 0.6) is 0 Å². The maximum Gasteiger partial charge on any atom is 0.303 e. The lowest BCUT2D eigenvalue weighted by molar-refractivity contribution is -0.139. The minimum atomic E-state index is -1.52. The average Bonchev–Trinajstić information content (AvgIpc) is 3.54. The molecule has 0 aliphatic rings. The summed E-state index contributed by atoms with van der Waals surface area (Å²) in [5.41, 5.74) is 6.92. The molecule has 11 N–H and O–H groups in total. The summed E-state index contributed by atoms with van der Waals surface area (Å²) in [5, 5.41) is 39.5. The van der Waals surface area contributed by atoms with Gasteiger partial charge in [-0.25, -0.2) is 4.39 Å². The summed E-state index contributed by atoms with van der Waals surface area (Å²) >= 11 is 0. The number of hydrogen-bond donors (Lipinski definition) is 10. The van der Waals surface area contributed by atoms with E-state index >= 15 is 0 Å². The fourth-order valence-corrected chi connectivity index (χ4v) is 5.50. The Morgan fingerprint density at radius 1 is 0.643 bits per heavy atom. The minimum Gasteiger partial charge on any atom is -0.481 e. The van der Waals surface area contributed by atoms with Crippen molar-refractivity contribution in [2.75, 3.05) is 6.54 Å². The van der Waals surface area contributed by atoms with Crippen molar-refractivity contribution in [3.05, 3.63) is 71.7 Å². The van der Waals surface area contributed by atoms with Crippen LogP contribution in [0.25, 0.3) is 10.9 Å². The van der Waals surface area contributed by atoms with Gasteiger partial charge in [-0.3, -0.25) is 43.2 Å². The van der Waals surface area contributed by atoms with Crippen LogP contribution < -0.4 is 32.3 Å². The Bertz CT molecular complexity index is 1950. The van der Waals surface area contributed by atoms with Crippen molar-refractivity contribution >= 4 is 64.3 Å². The summed E-state index contributed by atoms with van der Waals surface area (Å²) in [6, 6.07) is 6.27. The van der Waals surface area contributed by atoms with Gasteiger partial charge in [-0.1, -0.05) is 30.3 Å². The lowest BCUT2D eigenvalue weighted by Crippen LogP contribution is -2.58. The Kier molecular flexibility index (Phi) is 16.4. The number of amides is 6. The van der Waals surface area contributed by atoms with E-state index in [1.165, 1.54) is 12.1 Å². The Balaban J connectivity index is 1.84. The number of carboxylic acid groups (broad SMARTS) is 3. The van der Waals surface area contributed by atoms with Gasteiger partial charge in [0, 0.05) is 49.2 Å². The highest BCUT2D eigenvalue weighted by Crippen LogP contribution is 2.20. The normalized spacial score (nSPS) is 12.9. The number of nitrogens with two attached hydrogens (primary N) is 1. The molecule has 0 bridgehead atoms. The fourth-order valence-electron chi connectivity index (χ4n) is 5.50. The molecule has 0 saturated carbocycles. The lowest BCUT2D eigenvalue weighted by Gasteiger charge is -2.25. The smallest absolute Gasteiger partial charge is 0.303 e. The summed E-state index contributed by atoms with van der Waals surface area (Å²) in [5.74, 6) is -10.2. The molecular weight excluding hydrogens is 741 g/mol. The molecule has 2 aromatic carbocycles. The van der Waals surface area contributed by atoms with Gasteiger partial charge in [0.25, 0.3) is 0 Å². The van der Waals surface area contributed by atoms with Gasteiger partial charge in [0.05, 0.1) is 13.0 Å². The molecule has 3 rings (SSSR count). The van der Waals surface area contributed by atoms with Crippen LogP contribution in [0.4, 0.5) is 4.39 Å². The van der Waals surface area contributed by atoms with Crippen molar-refractivity contribution in [1.82, 2.24) is 31.6 Å². The largest absolute Gasteiger partial charge is 0.481 e. The van der Waals surface area contributed by atoms with Gasteiger partial charge in [0.1, 0.15) is 30.0 Å². The van der Waals surface area contributed by atoms with Crippen LogP contribution >= 0.6 is 0 Å². The van der Waals surface area contributed by atoms with Crippen LogP contribution in [-0.4, -0.2) is 104 Å². The zero-order valence-corrected chi connectivity index (χ0v) is 29.8. The Morgan fingerprint density at radius 2 is 1.23 bits per heavy atom. The van der Waals surface area contributed by atoms with Gasteiger partial charge < -0.3 is 52.6 Å². The first-order valence-electron chi connectivity index (χ1n) is 17.2. The zero-order chi connectivity index (χ0) is 41.4. The zero-order valence-electron chi connectivity index (χ0n) is 29.8. The molecule has 300 valence electrons. The second kappa shape index (κ2) is 21.1. The number of primary amides is 1.